The van der Waals surface area contributed by atoms with Gasteiger partial charge in [0.1, 0.15) is 5.75 Å². The molecule has 208 valence electrons. The summed E-state index contributed by atoms with van der Waals surface area (Å²) in [4.78, 5) is 30.8. The summed E-state index contributed by atoms with van der Waals surface area (Å²) in [6.07, 6.45) is 20.8. The molecule has 0 N–H and O–H groups in total. The fourth-order valence-corrected chi connectivity index (χ4v) is 4.55. The number of hydrogen-bond acceptors (Lipinski definition) is 6. The van der Waals surface area contributed by atoms with E-state index in [-0.39, 0.29) is 0 Å². The zero-order valence-corrected chi connectivity index (χ0v) is 23.8. The van der Waals surface area contributed by atoms with Gasteiger partial charge in [0, 0.05) is 35.9 Å². The maximum absolute atomic E-state index is 12.7. The van der Waals surface area contributed by atoms with Gasteiger partial charge in [-0.1, -0.05) is 70.9 Å². The lowest BCUT2D eigenvalue weighted by atomic mass is 10.1. The van der Waals surface area contributed by atoms with E-state index >= 15 is 0 Å². The predicted octanol–water partition coefficient (Wildman–Crippen LogP) is 8.46. The Hall–Kier alpha value is -3.93. The average Bonchev–Trinajstić information content (AvgIpc) is 3.00. The zero-order chi connectivity index (χ0) is 28.0. The number of ether oxygens (including phenoxy) is 1. The Bertz CT molecular complexity index is 1300. The summed E-state index contributed by atoms with van der Waals surface area (Å²) in [5.74, 6) is 1.37. The van der Waals surface area contributed by atoms with Gasteiger partial charge in [0.2, 0.25) is 0 Å². The number of carbonyl (C=O) groups is 1. The number of carbonyl (C=O) groups excluding carboxylic acids is 1. The second-order valence-electron chi connectivity index (χ2n) is 10.3. The van der Waals surface area contributed by atoms with E-state index in [1.54, 1.807) is 24.3 Å². The first-order chi connectivity index (χ1) is 19.7. The normalized spacial score (nSPS) is 10.9. The number of esters is 1. The molecule has 0 spiro atoms. The van der Waals surface area contributed by atoms with Gasteiger partial charge in [-0.25, -0.2) is 24.7 Å². The molecule has 2 aromatic heterocycles. The highest BCUT2D eigenvalue weighted by atomic mass is 16.5. The third-order valence-corrected chi connectivity index (χ3v) is 7.00. The first kappa shape index (κ1) is 29.1. The Kier molecular flexibility index (Phi) is 11.3. The summed E-state index contributed by atoms with van der Waals surface area (Å²) in [6.45, 7) is 4.44. The monoisotopic (exact) mass is 536 g/mol. The minimum Gasteiger partial charge on any atom is -0.423 e. The van der Waals surface area contributed by atoms with E-state index in [1.807, 2.05) is 49.1 Å². The van der Waals surface area contributed by atoms with Gasteiger partial charge in [-0.3, -0.25) is 0 Å². The van der Waals surface area contributed by atoms with Gasteiger partial charge >= 0.3 is 5.97 Å². The van der Waals surface area contributed by atoms with Crippen molar-refractivity contribution in [3.8, 4) is 28.5 Å². The van der Waals surface area contributed by atoms with Crippen molar-refractivity contribution in [1.29, 1.82) is 0 Å². The second-order valence-corrected chi connectivity index (χ2v) is 10.3. The van der Waals surface area contributed by atoms with Crippen LogP contribution in [-0.4, -0.2) is 25.9 Å². The summed E-state index contributed by atoms with van der Waals surface area (Å²) in [6, 6.07) is 14.5. The molecule has 0 bridgehead atoms. The predicted molar refractivity (Wildman–Crippen MR) is 160 cm³/mol. The highest BCUT2D eigenvalue weighted by Crippen LogP contribution is 2.22. The summed E-state index contributed by atoms with van der Waals surface area (Å²) < 4.78 is 5.58. The van der Waals surface area contributed by atoms with Crippen molar-refractivity contribution >= 4 is 5.97 Å². The molecule has 6 heteroatoms. The molecule has 0 aliphatic rings. The minimum atomic E-state index is -0.415. The van der Waals surface area contributed by atoms with Crippen LogP contribution in [0.15, 0.2) is 73.3 Å². The molecule has 0 saturated heterocycles. The molecule has 0 amide bonds. The molecule has 0 aliphatic carbocycles. The van der Waals surface area contributed by atoms with Crippen LogP contribution in [0.25, 0.3) is 22.8 Å². The van der Waals surface area contributed by atoms with Crippen LogP contribution >= 0.6 is 0 Å². The molecule has 4 rings (SSSR count). The SMILES string of the molecule is CCCCCCCCc1cnc(-c2ccc(C(=O)Oc3ccc(-c4ncc(CCCCC)cn4)cc3)cc2)nc1. The third kappa shape index (κ3) is 8.80. The molecule has 0 atom stereocenters. The van der Waals surface area contributed by atoms with E-state index in [2.05, 4.69) is 33.8 Å². The molecule has 40 heavy (non-hydrogen) atoms. The molecule has 6 nitrogen and oxygen atoms in total. The van der Waals surface area contributed by atoms with Gasteiger partial charge in [-0.2, -0.15) is 0 Å². The van der Waals surface area contributed by atoms with Crippen molar-refractivity contribution in [2.75, 3.05) is 0 Å². The molecule has 0 aliphatic heterocycles. The Morgan fingerprint density at radius 2 is 1.00 bits per heavy atom. The highest BCUT2D eigenvalue weighted by molar-refractivity contribution is 5.91. The summed E-state index contributed by atoms with van der Waals surface area (Å²) in [5, 5.41) is 0. The quantitative estimate of drug-likeness (QED) is 0.0861. The van der Waals surface area contributed by atoms with Crippen molar-refractivity contribution < 1.29 is 9.53 Å². The van der Waals surface area contributed by atoms with Gasteiger partial charge < -0.3 is 4.74 Å². The molecule has 0 saturated carbocycles. The first-order valence-corrected chi connectivity index (χ1v) is 14.7. The van der Waals surface area contributed by atoms with Crippen molar-refractivity contribution in [3.63, 3.8) is 0 Å². The van der Waals surface area contributed by atoms with Crippen LogP contribution in [0.2, 0.25) is 0 Å². The van der Waals surface area contributed by atoms with Crippen LogP contribution < -0.4 is 4.74 Å². The van der Waals surface area contributed by atoms with Crippen molar-refractivity contribution in [3.05, 3.63) is 90.0 Å². The highest BCUT2D eigenvalue weighted by Gasteiger charge is 2.11. The van der Waals surface area contributed by atoms with Gasteiger partial charge in [0.05, 0.1) is 5.56 Å². The standard InChI is InChI=1S/C34H40N4O2/c1-3-5-7-8-9-11-13-27-24-35-32(36-25-27)28-14-16-30(17-15-28)34(39)40-31-20-18-29(19-21-31)33-37-22-26(23-38-33)12-10-6-4-2/h14-25H,3-13H2,1-2H3. The number of hydrogen-bond donors (Lipinski definition) is 0. The maximum Gasteiger partial charge on any atom is 0.343 e. The maximum atomic E-state index is 12.7. The lowest BCUT2D eigenvalue weighted by Crippen LogP contribution is -2.08. The Morgan fingerprint density at radius 1 is 0.575 bits per heavy atom. The fraction of sp³-hybridized carbons (Fsp3) is 0.382. The Balaban J connectivity index is 1.27. The zero-order valence-electron chi connectivity index (χ0n) is 23.8. The van der Waals surface area contributed by atoms with E-state index < -0.39 is 5.97 Å². The number of nitrogens with zero attached hydrogens (tertiary/aromatic N) is 4. The first-order valence-electron chi connectivity index (χ1n) is 14.7. The molecular weight excluding hydrogens is 496 g/mol. The van der Waals surface area contributed by atoms with E-state index in [1.165, 1.54) is 51.4 Å². The number of aryl methyl sites for hydroxylation is 2. The molecular formula is C34H40N4O2. The molecule has 0 fully saturated rings. The van der Waals surface area contributed by atoms with Crippen LogP contribution in [0.3, 0.4) is 0 Å². The summed E-state index contributed by atoms with van der Waals surface area (Å²) in [5.41, 5.74) is 4.53. The van der Waals surface area contributed by atoms with Gasteiger partial charge in [-0.15, -0.1) is 0 Å². The van der Waals surface area contributed by atoms with Crippen LogP contribution in [0.1, 0.15) is 93.1 Å². The minimum absolute atomic E-state index is 0.415. The lowest BCUT2D eigenvalue weighted by molar-refractivity contribution is 0.0735. The largest absolute Gasteiger partial charge is 0.423 e. The van der Waals surface area contributed by atoms with E-state index in [4.69, 9.17) is 4.74 Å². The number of benzene rings is 2. The summed E-state index contributed by atoms with van der Waals surface area (Å²) in [7, 11) is 0. The smallest absolute Gasteiger partial charge is 0.343 e. The van der Waals surface area contributed by atoms with Crippen molar-refractivity contribution in [2.24, 2.45) is 0 Å². The third-order valence-electron chi connectivity index (χ3n) is 7.00. The van der Waals surface area contributed by atoms with Crippen molar-refractivity contribution in [1.82, 2.24) is 19.9 Å². The lowest BCUT2D eigenvalue weighted by Gasteiger charge is -2.07. The van der Waals surface area contributed by atoms with E-state index in [0.29, 0.717) is 23.0 Å². The Morgan fingerprint density at radius 3 is 1.52 bits per heavy atom. The van der Waals surface area contributed by atoms with Crippen LogP contribution in [-0.2, 0) is 12.8 Å². The number of rotatable bonds is 15. The van der Waals surface area contributed by atoms with Crippen LogP contribution in [0.4, 0.5) is 0 Å². The number of aromatic nitrogens is 4. The van der Waals surface area contributed by atoms with Gasteiger partial charge in [-0.05, 0) is 73.2 Å². The molecule has 0 radical (unpaired) electrons. The topological polar surface area (TPSA) is 77.9 Å². The van der Waals surface area contributed by atoms with Crippen LogP contribution in [0, 0.1) is 0 Å². The van der Waals surface area contributed by atoms with Gasteiger partial charge in [0.25, 0.3) is 0 Å². The second kappa shape index (κ2) is 15.6. The molecule has 2 aromatic carbocycles. The van der Waals surface area contributed by atoms with Crippen molar-refractivity contribution in [2.45, 2.75) is 84.5 Å². The fourth-order valence-electron chi connectivity index (χ4n) is 4.55. The molecule has 4 aromatic rings. The van der Waals surface area contributed by atoms with E-state index in [0.717, 1.165) is 41.5 Å². The Labute approximate surface area is 238 Å². The van der Waals surface area contributed by atoms with Crippen LogP contribution in [0.5, 0.6) is 5.75 Å². The van der Waals surface area contributed by atoms with E-state index in [9.17, 15) is 4.79 Å². The number of unbranched alkanes of at least 4 members (excludes halogenated alkanes) is 7. The molecule has 2 heterocycles. The summed E-state index contributed by atoms with van der Waals surface area (Å²) >= 11 is 0. The molecule has 0 unspecified atom stereocenters. The average molecular weight is 537 g/mol. The van der Waals surface area contributed by atoms with Gasteiger partial charge in [0.15, 0.2) is 11.6 Å².